The third-order valence-corrected chi connectivity index (χ3v) is 18.4. The Labute approximate surface area is 516 Å². The van der Waals surface area contributed by atoms with E-state index in [1.165, 1.54) is 50.1 Å². The van der Waals surface area contributed by atoms with E-state index in [1.54, 1.807) is 40.8 Å². The average molecular weight is 1210 g/mol. The van der Waals surface area contributed by atoms with Gasteiger partial charge in [0, 0.05) is 87.6 Å². The summed E-state index contributed by atoms with van der Waals surface area (Å²) in [5.41, 5.74) is 3.26. The van der Waals surface area contributed by atoms with E-state index in [4.69, 9.17) is 20.7 Å². The highest BCUT2D eigenvalue weighted by atomic mass is 19.1. The van der Waals surface area contributed by atoms with E-state index >= 15 is 4.39 Å². The third-order valence-electron chi connectivity index (χ3n) is 18.4. The first-order chi connectivity index (χ1) is 42.3. The largest absolute Gasteiger partial charge is 0.444 e. The van der Waals surface area contributed by atoms with Crippen molar-refractivity contribution in [3.8, 4) is 12.3 Å². The number of allylic oxidation sites excluding steroid dienone is 2. The standard InChI is InChI=1S/C34H53N5O4.C31H31F2N5O3.C2H5NO/c1-26(6-4-20-40)39-31-8-7-28(23-32(31)36(3)33(39)42)22-27-11-18-37(19-12-27)29(10-16-35-25-41)13-21-43-24-30-9-15-34(2)14-5-17-38(30)34;1-6-21-24(32)13-10-18-8-7-9-22(25(18)21)27-26(33)28(36-17-39)23(14-35-27)29(34-5)37-15-19-11-12-20(16-37)38(19)30(40)41-31(2,3)4;1-3-2-4/h7-8,20,23,25-27,29-30H,4-6,9-19,21-22,24H2,1-3H3,(H,35,41);1,7-10,13-14,19-20,39H,5,11-12,15-17H2,2-4H3;2H,1H3,(H,3,4)/b;29-23+,36-28+;/t26?,29?,30?,34-;;/m0../s1. The number of benzene rings is 3. The number of aryl methyl sites for hydroxylation is 1. The molecule has 3 amide bonds. The molecule has 5 saturated heterocycles. The summed E-state index contributed by atoms with van der Waals surface area (Å²) in [6, 6.07) is 15.1. The highest BCUT2D eigenvalue weighted by Gasteiger charge is 2.47. The molecule has 21 heteroatoms. The maximum absolute atomic E-state index is 16.2. The molecule has 19 nitrogen and oxygen atoms in total. The lowest BCUT2D eigenvalue weighted by atomic mass is 9.89. The Morgan fingerprint density at radius 1 is 0.989 bits per heavy atom. The van der Waals surface area contributed by atoms with E-state index < -0.39 is 24.0 Å². The van der Waals surface area contributed by atoms with E-state index in [-0.39, 0.29) is 52.5 Å². The van der Waals surface area contributed by atoms with Gasteiger partial charge in [-0.3, -0.25) is 38.5 Å². The smallest absolute Gasteiger partial charge is 0.410 e. The van der Waals surface area contributed by atoms with Gasteiger partial charge in [-0.1, -0.05) is 36.3 Å². The number of terminal acetylenes is 1. The van der Waals surface area contributed by atoms with E-state index in [2.05, 4.69) is 73.2 Å². The van der Waals surface area contributed by atoms with Gasteiger partial charge in [0.2, 0.25) is 12.8 Å². The lowest BCUT2D eigenvalue weighted by Gasteiger charge is -2.42. The van der Waals surface area contributed by atoms with Crippen LogP contribution in [-0.2, 0) is 37.3 Å². The normalized spacial score (nSPS) is 23.0. The van der Waals surface area contributed by atoms with Crippen molar-refractivity contribution < 1.29 is 42.5 Å². The fourth-order valence-electron chi connectivity index (χ4n) is 14.0. The lowest BCUT2D eigenvalue weighted by Crippen LogP contribution is -2.56. The van der Waals surface area contributed by atoms with E-state index in [0.29, 0.717) is 84.6 Å². The van der Waals surface area contributed by atoms with Gasteiger partial charge >= 0.3 is 11.8 Å². The third kappa shape index (κ3) is 15.2. The van der Waals surface area contributed by atoms with Crippen molar-refractivity contribution in [2.75, 3.05) is 66.3 Å². The molecule has 3 aromatic carbocycles. The number of aliphatic hydroxyl groups excluding tert-OH is 1. The zero-order chi connectivity index (χ0) is 63.3. The number of likely N-dealkylation sites (tertiary alicyclic amines) is 2. The van der Waals surface area contributed by atoms with Crippen LogP contribution in [0.1, 0.15) is 134 Å². The van der Waals surface area contributed by atoms with Crippen molar-refractivity contribution in [3.63, 3.8) is 0 Å². The summed E-state index contributed by atoms with van der Waals surface area (Å²) in [5.74, 6) is 1.90. The maximum Gasteiger partial charge on any atom is 0.410 e. The van der Waals surface area contributed by atoms with Gasteiger partial charge in [-0.15, -0.1) is 6.42 Å². The molecule has 1 aromatic heterocycles. The van der Waals surface area contributed by atoms with Gasteiger partial charge in [0.15, 0.2) is 5.83 Å². The van der Waals surface area contributed by atoms with Crippen molar-refractivity contribution in [3.05, 3.63) is 98.7 Å². The van der Waals surface area contributed by atoms with Crippen LogP contribution in [0.4, 0.5) is 13.6 Å². The predicted molar refractivity (Wildman–Crippen MR) is 342 cm³/mol. The van der Waals surface area contributed by atoms with Crippen LogP contribution in [-0.4, -0.2) is 179 Å². The number of piperidine rings is 1. The summed E-state index contributed by atoms with van der Waals surface area (Å²) in [4.78, 5) is 78.5. The number of aliphatic hydroxyl groups is 1. The molecule has 7 heterocycles. The van der Waals surface area contributed by atoms with Crippen molar-refractivity contribution in [2.45, 2.75) is 159 Å². The molecule has 5 unspecified atom stereocenters. The van der Waals surface area contributed by atoms with Crippen LogP contribution in [0.15, 0.2) is 85.5 Å². The zero-order valence-corrected chi connectivity index (χ0v) is 52.3. The number of nitrogens with one attached hydrogen (secondary N) is 2. The zero-order valence-electron chi connectivity index (χ0n) is 52.3. The fraction of sp³-hybridized carbons (Fsp3) is 0.552. The first-order valence-corrected chi connectivity index (χ1v) is 31.1. The number of piperazine rings is 1. The van der Waals surface area contributed by atoms with Crippen molar-refractivity contribution in [1.82, 2.24) is 39.4 Å². The molecule has 0 saturated carbocycles. The van der Waals surface area contributed by atoms with Crippen LogP contribution in [0.5, 0.6) is 0 Å². The number of aliphatic imine (C=N–C) groups is 3. The number of amides is 3. The minimum Gasteiger partial charge on any atom is -0.444 e. The molecule has 3 N–H and O–H groups in total. The number of hydrogen-bond acceptors (Lipinski definition) is 14. The Balaban J connectivity index is 0.000000215. The quantitative estimate of drug-likeness (QED) is 0.0312. The van der Waals surface area contributed by atoms with Gasteiger partial charge in [0.05, 0.1) is 40.9 Å². The Kier molecular flexibility index (Phi) is 22.9. The van der Waals surface area contributed by atoms with Crippen LogP contribution in [0.25, 0.3) is 27.5 Å². The number of aromatic nitrogens is 2. The molecule has 4 aromatic rings. The molecule has 10 rings (SSSR count). The Morgan fingerprint density at radius 2 is 1.73 bits per heavy atom. The summed E-state index contributed by atoms with van der Waals surface area (Å²) < 4.78 is 46.3. The predicted octanol–water partition coefficient (Wildman–Crippen LogP) is 8.49. The molecule has 474 valence electrons. The van der Waals surface area contributed by atoms with E-state index in [9.17, 15) is 28.7 Å². The Morgan fingerprint density at radius 3 is 2.39 bits per heavy atom. The van der Waals surface area contributed by atoms with Crippen molar-refractivity contribution in [1.29, 1.82) is 0 Å². The number of carbonyl (C=O) groups excluding carboxylic acids is 4. The van der Waals surface area contributed by atoms with Crippen LogP contribution in [0.2, 0.25) is 0 Å². The molecule has 0 aliphatic carbocycles. The van der Waals surface area contributed by atoms with E-state index in [0.717, 1.165) is 95.0 Å². The van der Waals surface area contributed by atoms with Crippen molar-refractivity contribution >= 4 is 71.3 Å². The number of halogens is 2. The van der Waals surface area contributed by atoms with Gasteiger partial charge in [0.25, 0.3) is 0 Å². The molecule has 2 bridgehead atoms. The number of aldehydes is 1. The lowest BCUT2D eigenvalue weighted by molar-refractivity contribution is -0.110. The second-order valence-electron chi connectivity index (χ2n) is 25.2. The molecule has 6 atom stereocenters. The highest BCUT2D eigenvalue weighted by molar-refractivity contribution is 6.29. The van der Waals surface area contributed by atoms with Gasteiger partial charge in [-0.2, -0.15) is 0 Å². The number of carbonyl (C=O) groups is 4. The minimum atomic E-state index is -0.812. The molecule has 5 fully saturated rings. The van der Waals surface area contributed by atoms with Crippen LogP contribution >= 0.6 is 0 Å². The Hall–Kier alpha value is -7.38. The minimum absolute atomic E-state index is 0.00219. The van der Waals surface area contributed by atoms with Gasteiger partial charge in [-0.05, 0) is 173 Å². The summed E-state index contributed by atoms with van der Waals surface area (Å²) in [6.07, 6.45) is 22.2. The van der Waals surface area contributed by atoms with E-state index in [1.807, 2.05) is 44.2 Å². The summed E-state index contributed by atoms with van der Waals surface area (Å²) >= 11 is 0. The second-order valence-corrected chi connectivity index (χ2v) is 25.2. The number of nitrogens with zero attached hydrogens (tertiary/aromatic N) is 9. The Bertz CT molecular complexity index is 3370. The van der Waals surface area contributed by atoms with Gasteiger partial charge in [0.1, 0.15) is 41.7 Å². The van der Waals surface area contributed by atoms with Crippen LogP contribution in [0, 0.1) is 24.1 Å². The number of ether oxygens (including phenoxy) is 2. The summed E-state index contributed by atoms with van der Waals surface area (Å²) in [6.45, 7) is 19.5. The number of hydrogen-bond donors (Lipinski definition) is 3. The van der Waals surface area contributed by atoms with Crippen molar-refractivity contribution in [2.24, 2.45) is 27.9 Å². The van der Waals surface area contributed by atoms with Gasteiger partial charge in [-0.25, -0.2) is 23.4 Å². The number of rotatable bonds is 21. The van der Waals surface area contributed by atoms with Crippen LogP contribution in [0.3, 0.4) is 0 Å². The molecular formula is C67H89F2N11O8. The molecule has 0 radical (unpaired) electrons. The molecule has 6 aliphatic rings. The second kappa shape index (κ2) is 30.2. The fourth-order valence-corrected chi connectivity index (χ4v) is 14.0. The maximum atomic E-state index is 16.2. The molecule has 0 spiro atoms. The molecular weight excluding hydrogens is 1120 g/mol. The molecule has 88 heavy (non-hydrogen) atoms. The van der Waals surface area contributed by atoms with Gasteiger partial charge < -0.3 is 39.8 Å². The number of imidazole rings is 1. The first-order valence-electron chi connectivity index (χ1n) is 31.1. The first kappa shape index (κ1) is 66.6. The number of fused-ring (bicyclic) bond motifs is 5. The highest BCUT2D eigenvalue weighted by Crippen LogP contribution is 2.43. The topological polar surface area (TPSA) is 208 Å². The molecule has 6 aliphatic heterocycles. The monoisotopic (exact) mass is 1210 g/mol. The SMILES string of the molecule is C#Cc1c(F)ccc2cccc(C3=C(F)C(=N/CO)/C(=C(\N=C)N4CC5CCC(C4)N5C(=O)OC(C)(C)C)C=N3)c12.CC(CCC=O)n1c(=O)n(C)c2cc(CC3CCN(C(CCNC=O)CCOCC4CC[C@]5(C)CCCN45)CC3)ccc21.CNC=O. The average Bonchev–Trinajstić information content (AvgIpc) is 2.40. The summed E-state index contributed by atoms with van der Waals surface area (Å²) in [7, 11) is 3.41. The van der Waals surface area contributed by atoms with Crippen LogP contribution < -0.4 is 16.3 Å². The summed E-state index contributed by atoms with van der Waals surface area (Å²) in [5, 5.41) is 15.8.